The Morgan fingerprint density at radius 1 is 1.39 bits per heavy atom. The van der Waals surface area contributed by atoms with E-state index in [0.29, 0.717) is 22.3 Å². The third kappa shape index (κ3) is 2.66. The van der Waals surface area contributed by atoms with Crippen molar-refractivity contribution in [2.24, 2.45) is 12.5 Å². The van der Waals surface area contributed by atoms with E-state index in [1.165, 1.54) is 6.42 Å². The Bertz CT molecular complexity index is 1110. The molecule has 0 aromatic carbocycles. The first-order chi connectivity index (χ1) is 13.0. The number of rotatable bonds is 4. The molecule has 4 N–H and O–H groups in total. The molecule has 1 aliphatic rings. The number of nitrogens with two attached hydrogens (primary N) is 1. The summed E-state index contributed by atoms with van der Waals surface area (Å²) in [5.41, 5.74) is 7.62. The number of aromatic nitrogens is 5. The Balaban J connectivity index is 1.97. The summed E-state index contributed by atoms with van der Waals surface area (Å²) in [6, 6.07) is 1.87. The summed E-state index contributed by atoms with van der Waals surface area (Å²) in [5, 5.41) is 22.4. The Morgan fingerprint density at radius 3 is 2.61 bits per heavy atom. The summed E-state index contributed by atoms with van der Waals surface area (Å²) in [6.45, 7) is 7.76. The maximum Gasteiger partial charge on any atom is 0.264 e. The third-order valence-electron chi connectivity index (χ3n) is 6.48. The standard InChI is InChI=1S/C20H28N6O2/c1-11(20(4)7-6-8-20)26-10-12(16-15(18(26)27)17(21)23-22-16)13-9-14(19(2,3)28)25(5)24-13/h9-11,28H,6-8H2,1-5H3,(H3,21,22,23). The highest BCUT2D eigenvalue weighted by atomic mass is 16.3. The topological polar surface area (TPSA) is 115 Å². The quantitative estimate of drug-likeness (QED) is 0.640. The molecule has 28 heavy (non-hydrogen) atoms. The largest absolute Gasteiger partial charge is 0.384 e. The van der Waals surface area contributed by atoms with Crippen molar-refractivity contribution in [3.05, 3.63) is 28.3 Å². The highest BCUT2D eigenvalue weighted by Gasteiger charge is 2.39. The van der Waals surface area contributed by atoms with Crippen LogP contribution in [0.4, 0.5) is 5.82 Å². The summed E-state index contributed by atoms with van der Waals surface area (Å²) in [6.07, 6.45) is 5.24. The van der Waals surface area contributed by atoms with E-state index in [2.05, 4.69) is 29.1 Å². The Morgan fingerprint density at radius 2 is 2.07 bits per heavy atom. The molecule has 0 amide bonds. The molecule has 3 aromatic heterocycles. The van der Waals surface area contributed by atoms with Crippen molar-refractivity contribution in [2.45, 2.75) is 58.6 Å². The van der Waals surface area contributed by atoms with Gasteiger partial charge in [-0.1, -0.05) is 13.3 Å². The minimum absolute atomic E-state index is 0.0312. The molecular weight excluding hydrogens is 356 g/mol. The molecule has 8 nitrogen and oxygen atoms in total. The number of aromatic amines is 1. The van der Waals surface area contributed by atoms with Gasteiger partial charge in [0, 0.05) is 24.8 Å². The van der Waals surface area contributed by atoms with Crippen molar-refractivity contribution in [3.8, 4) is 11.3 Å². The molecule has 1 aliphatic carbocycles. The van der Waals surface area contributed by atoms with Gasteiger partial charge < -0.3 is 15.4 Å². The van der Waals surface area contributed by atoms with E-state index in [1.807, 2.05) is 12.3 Å². The van der Waals surface area contributed by atoms with Crippen LogP contribution in [0.1, 0.15) is 58.7 Å². The van der Waals surface area contributed by atoms with Crippen LogP contribution < -0.4 is 11.3 Å². The number of H-pyrrole nitrogens is 1. The van der Waals surface area contributed by atoms with E-state index < -0.39 is 5.60 Å². The van der Waals surface area contributed by atoms with Crippen molar-refractivity contribution >= 4 is 16.7 Å². The number of aliphatic hydroxyl groups is 1. The zero-order valence-corrected chi connectivity index (χ0v) is 17.1. The van der Waals surface area contributed by atoms with Crippen LogP contribution in [0.5, 0.6) is 0 Å². The van der Waals surface area contributed by atoms with E-state index in [9.17, 15) is 9.90 Å². The fourth-order valence-corrected chi connectivity index (χ4v) is 4.30. The molecule has 0 spiro atoms. The van der Waals surface area contributed by atoms with E-state index in [4.69, 9.17) is 5.73 Å². The van der Waals surface area contributed by atoms with E-state index in [-0.39, 0.29) is 22.8 Å². The maximum atomic E-state index is 13.2. The number of hydrogen-bond donors (Lipinski definition) is 3. The minimum Gasteiger partial charge on any atom is -0.384 e. The fraction of sp³-hybridized carbons (Fsp3) is 0.550. The van der Waals surface area contributed by atoms with Gasteiger partial charge in [0.1, 0.15) is 11.0 Å². The number of pyridine rings is 1. The van der Waals surface area contributed by atoms with Gasteiger partial charge in [0.25, 0.3) is 5.56 Å². The first-order valence-corrected chi connectivity index (χ1v) is 9.69. The van der Waals surface area contributed by atoms with Crippen LogP contribution >= 0.6 is 0 Å². The van der Waals surface area contributed by atoms with Gasteiger partial charge in [0.2, 0.25) is 0 Å². The van der Waals surface area contributed by atoms with Crippen LogP contribution in [-0.4, -0.2) is 29.7 Å². The molecule has 3 heterocycles. The van der Waals surface area contributed by atoms with Crippen LogP contribution in [0.25, 0.3) is 22.2 Å². The number of anilines is 1. The highest BCUT2D eigenvalue weighted by Crippen LogP contribution is 2.48. The van der Waals surface area contributed by atoms with Gasteiger partial charge in [-0.2, -0.15) is 10.2 Å². The average Bonchev–Trinajstić information content (AvgIpc) is 3.16. The second-order valence-electron chi connectivity index (χ2n) is 8.90. The van der Waals surface area contributed by atoms with Gasteiger partial charge in [-0.3, -0.25) is 14.6 Å². The molecule has 1 fully saturated rings. The lowest BCUT2D eigenvalue weighted by Gasteiger charge is -2.44. The molecule has 0 bridgehead atoms. The van der Waals surface area contributed by atoms with E-state index in [0.717, 1.165) is 18.4 Å². The Kier molecular flexibility index (Phi) is 3.98. The van der Waals surface area contributed by atoms with Gasteiger partial charge in [-0.15, -0.1) is 0 Å². The lowest BCUT2D eigenvalue weighted by Crippen LogP contribution is -2.38. The zero-order chi connectivity index (χ0) is 20.4. The molecule has 0 radical (unpaired) electrons. The highest BCUT2D eigenvalue weighted by molar-refractivity contribution is 5.97. The van der Waals surface area contributed by atoms with Crippen LogP contribution in [0.3, 0.4) is 0 Å². The van der Waals surface area contributed by atoms with Crippen LogP contribution in [0.15, 0.2) is 17.1 Å². The Labute approximate surface area is 163 Å². The monoisotopic (exact) mass is 384 g/mol. The number of nitrogens with zero attached hydrogens (tertiary/aromatic N) is 4. The zero-order valence-electron chi connectivity index (χ0n) is 17.1. The van der Waals surface area contributed by atoms with Crippen LogP contribution in [0.2, 0.25) is 0 Å². The molecule has 1 unspecified atom stereocenters. The second-order valence-corrected chi connectivity index (χ2v) is 8.90. The predicted octanol–water partition coefficient (Wildman–Crippen LogP) is 2.69. The number of hydrogen-bond acceptors (Lipinski definition) is 5. The van der Waals surface area contributed by atoms with Gasteiger partial charge in [-0.25, -0.2) is 0 Å². The SMILES string of the molecule is CC(n1cc(-c2cc(C(C)(C)O)n(C)n2)c2[nH]nc(N)c2c1=O)C1(C)CCC1. The van der Waals surface area contributed by atoms with E-state index >= 15 is 0 Å². The van der Waals surface area contributed by atoms with Crippen molar-refractivity contribution in [1.82, 2.24) is 24.5 Å². The molecule has 1 atom stereocenters. The molecular formula is C20H28N6O2. The third-order valence-corrected chi connectivity index (χ3v) is 6.48. The second kappa shape index (κ2) is 5.94. The normalized spacial score (nSPS) is 17.6. The van der Waals surface area contributed by atoms with Gasteiger partial charge in [0.05, 0.1) is 16.9 Å². The van der Waals surface area contributed by atoms with Crippen molar-refractivity contribution in [3.63, 3.8) is 0 Å². The number of nitrogen functional groups attached to an aromatic ring is 1. The van der Waals surface area contributed by atoms with Gasteiger partial charge >= 0.3 is 0 Å². The summed E-state index contributed by atoms with van der Waals surface area (Å²) in [5.74, 6) is 0.195. The molecule has 3 aromatic rings. The Hall–Kier alpha value is -2.61. The van der Waals surface area contributed by atoms with Crippen molar-refractivity contribution in [1.29, 1.82) is 0 Å². The lowest BCUT2D eigenvalue weighted by molar-refractivity contribution is 0.0696. The summed E-state index contributed by atoms with van der Waals surface area (Å²) < 4.78 is 3.44. The summed E-state index contributed by atoms with van der Waals surface area (Å²) in [4.78, 5) is 13.2. The first-order valence-electron chi connectivity index (χ1n) is 9.69. The first kappa shape index (κ1) is 18.7. The van der Waals surface area contributed by atoms with Crippen molar-refractivity contribution in [2.75, 3.05) is 5.73 Å². The molecule has 8 heteroatoms. The smallest absolute Gasteiger partial charge is 0.264 e. The maximum absolute atomic E-state index is 13.2. The minimum atomic E-state index is -1.03. The molecule has 4 rings (SSSR count). The molecule has 150 valence electrons. The van der Waals surface area contributed by atoms with Crippen LogP contribution in [0, 0.1) is 5.41 Å². The van der Waals surface area contributed by atoms with Crippen LogP contribution in [-0.2, 0) is 12.6 Å². The van der Waals surface area contributed by atoms with Gasteiger partial charge in [-0.05, 0) is 45.1 Å². The van der Waals surface area contributed by atoms with Gasteiger partial charge in [0.15, 0.2) is 5.82 Å². The predicted molar refractivity (Wildman–Crippen MR) is 109 cm³/mol. The van der Waals surface area contributed by atoms with E-state index in [1.54, 1.807) is 30.1 Å². The van der Waals surface area contributed by atoms with Crippen molar-refractivity contribution < 1.29 is 5.11 Å². The number of nitrogens with one attached hydrogen (secondary N) is 1. The molecule has 0 aliphatic heterocycles. The number of aryl methyl sites for hydroxylation is 1. The summed E-state index contributed by atoms with van der Waals surface area (Å²) >= 11 is 0. The molecule has 1 saturated carbocycles. The number of fused-ring (bicyclic) bond motifs is 1. The summed E-state index contributed by atoms with van der Waals surface area (Å²) in [7, 11) is 1.80. The lowest BCUT2D eigenvalue weighted by atomic mass is 9.66. The molecule has 0 saturated heterocycles. The average molecular weight is 384 g/mol. The fourth-order valence-electron chi connectivity index (χ4n) is 4.30.